The first-order chi connectivity index (χ1) is 12.8. The molecule has 27 heavy (non-hydrogen) atoms. The molecule has 0 unspecified atom stereocenters. The molecule has 8 heteroatoms. The average Bonchev–Trinajstić information content (AvgIpc) is 3.14. The fourth-order valence-corrected chi connectivity index (χ4v) is 2.59. The first kappa shape index (κ1) is 21.1. The molecule has 0 saturated heterocycles. The molecule has 3 rings (SSSR count). The molecule has 0 spiro atoms. The van der Waals surface area contributed by atoms with Gasteiger partial charge in [0.2, 0.25) is 12.7 Å². The number of hydrogen-bond acceptors (Lipinski definition) is 5. The van der Waals surface area contributed by atoms with Gasteiger partial charge in [0.15, 0.2) is 17.5 Å². The molecule has 146 valence electrons. The van der Waals surface area contributed by atoms with Crippen LogP contribution in [0.25, 0.3) is 0 Å². The number of ether oxygens (including phenoxy) is 3. The van der Waals surface area contributed by atoms with E-state index in [1.54, 1.807) is 13.3 Å². The molecule has 1 aliphatic heterocycles. The standard InChI is InChI=1S/C19H24N4O3.HI/c1-3-20-19(23-12-15-7-8-21-18(11-15)24-2)22-9-6-14-4-5-16-17(10-14)26-13-25-16;/h4-5,7-8,10-11H,3,6,9,12-13H2,1-2H3,(H2,20,22,23);1H. The number of nitrogens with zero attached hydrogens (tertiary/aromatic N) is 2. The van der Waals surface area contributed by atoms with Crippen molar-refractivity contribution in [3.8, 4) is 17.4 Å². The molecule has 0 fully saturated rings. The van der Waals surface area contributed by atoms with E-state index in [0.29, 0.717) is 19.2 Å². The zero-order chi connectivity index (χ0) is 18.2. The van der Waals surface area contributed by atoms with E-state index in [1.165, 1.54) is 5.56 Å². The van der Waals surface area contributed by atoms with E-state index in [4.69, 9.17) is 14.2 Å². The van der Waals surface area contributed by atoms with Gasteiger partial charge in [-0.25, -0.2) is 9.98 Å². The molecule has 2 aromatic rings. The van der Waals surface area contributed by atoms with Crippen LogP contribution >= 0.6 is 24.0 Å². The highest BCUT2D eigenvalue weighted by Crippen LogP contribution is 2.32. The van der Waals surface area contributed by atoms with Gasteiger partial charge in [-0.1, -0.05) is 6.07 Å². The number of benzene rings is 1. The molecular weight excluding hydrogens is 459 g/mol. The summed E-state index contributed by atoms with van der Waals surface area (Å²) in [6.45, 7) is 4.47. The number of methoxy groups -OCH3 is 1. The third-order valence-corrected chi connectivity index (χ3v) is 3.92. The maximum Gasteiger partial charge on any atom is 0.231 e. The summed E-state index contributed by atoms with van der Waals surface area (Å²) in [5.41, 5.74) is 2.24. The van der Waals surface area contributed by atoms with Crippen LogP contribution in [-0.4, -0.2) is 37.9 Å². The lowest BCUT2D eigenvalue weighted by atomic mass is 10.1. The molecule has 1 aliphatic rings. The first-order valence-corrected chi connectivity index (χ1v) is 8.68. The summed E-state index contributed by atoms with van der Waals surface area (Å²) in [4.78, 5) is 8.72. The second-order valence-electron chi connectivity index (χ2n) is 5.77. The van der Waals surface area contributed by atoms with E-state index in [1.807, 2.05) is 31.2 Å². The van der Waals surface area contributed by atoms with Gasteiger partial charge in [0.1, 0.15) is 0 Å². The molecule has 0 saturated carbocycles. The van der Waals surface area contributed by atoms with Gasteiger partial charge >= 0.3 is 0 Å². The molecule has 7 nitrogen and oxygen atoms in total. The fraction of sp³-hybridized carbons (Fsp3) is 0.368. The summed E-state index contributed by atoms with van der Waals surface area (Å²) in [6.07, 6.45) is 2.59. The zero-order valence-corrected chi connectivity index (χ0v) is 17.9. The maximum absolute atomic E-state index is 5.42. The van der Waals surface area contributed by atoms with Crippen molar-refractivity contribution < 1.29 is 14.2 Å². The van der Waals surface area contributed by atoms with Crippen LogP contribution in [0.15, 0.2) is 41.5 Å². The van der Waals surface area contributed by atoms with Gasteiger partial charge in [-0.05, 0) is 42.7 Å². The van der Waals surface area contributed by atoms with Crippen molar-refractivity contribution in [3.05, 3.63) is 47.7 Å². The first-order valence-electron chi connectivity index (χ1n) is 8.68. The molecule has 1 aromatic heterocycles. The van der Waals surface area contributed by atoms with E-state index >= 15 is 0 Å². The van der Waals surface area contributed by atoms with Gasteiger partial charge in [0.05, 0.1) is 13.7 Å². The highest BCUT2D eigenvalue weighted by Gasteiger charge is 2.12. The summed E-state index contributed by atoms with van der Waals surface area (Å²) < 4.78 is 15.9. The maximum atomic E-state index is 5.42. The van der Waals surface area contributed by atoms with Gasteiger partial charge in [0.25, 0.3) is 0 Å². The number of guanidine groups is 1. The lowest BCUT2D eigenvalue weighted by Crippen LogP contribution is -2.38. The Balaban J connectivity index is 0.00000261. The van der Waals surface area contributed by atoms with Gasteiger partial charge in [-0.15, -0.1) is 24.0 Å². The Morgan fingerprint density at radius 2 is 2.00 bits per heavy atom. The second kappa shape index (κ2) is 10.8. The Bertz CT molecular complexity index is 770. The number of aliphatic imine (C=N–C) groups is 1. The topological polar surface area (TPSA) is 77.0 Å². The van der Waals surface area contributed by atoms with Crippen LogP contribution in [0.4, 0.5) is 0 Å². The third-order valence-electron chi connectivity index (χ3n) is 3.92. The molecule has 2 heterocycles. The minimum Gasteiger partial charge on any atom is -0.481 e. The fourth-order valence-electron chi connectivity index (χ4n) is 2.59. The number of aromatic nitrogens is 1. The highest BCUT2D eigenvalue weighted by atomic mass is 127. The summed E-state index contributed by atoms with van der Waals surface area (Å²) in [5.74, 6) is 3.00. The van der Waals surface area contributed by atoms with Crippen molar-refractivity contribution in [2.75, 3.05) is 27.0 Å². The molecule has 0 amide bonds. The van der Waals surface area contributed by atoms with Crippen LogP contribution < -0.4 is 24.8 Å². The Morgan fingerprint density at radius 1 is 1.15 bits per heavy atom. The van der Waals surface area contributed by atoms with Crippen LogP contribution in [0.2, 0.25) is 0 Å². The minimum absolute atomic E-state index is 0. The molecular formula is C19H25IN4O3. The number of pyridine rings is 1. The third kappa shape index (κ3) is 6.16. The van der Waals surface area contributed by atoms with Crippen molar-refractivity contribution in [2.45, 2.75) is 19.9 Å². The normalized spacial score (nSPS) is 12.3. The summed E-state index contributed by atoms with van der Waals surface area (Å²) in [5, 5.41) is 6.61. The molecule has 0 aliphatic carbocycles. The second-order valence-corrected chi connectivity index (χ2v) is 5.77. The lowest BCUT2D eigenvalue weighted by Gasteiger charge is -2.11. The Morgan fingerprint density at radius 3 is 2.81 bits per heavy atom. The number of fused-ring (bicyclic) bond motifs is 1. The van der Waals surface area contributed by atoms with E-state index in [9.17, 15) is 0 Å². The van der Waals surface area contributed by atoms with Gasteiger partial charge < -0.3 is 24.8 Å². The molecule has 0 radical (unpaired) electrons. The smallest absolute Gasteiger partial charge is 0.231 e. The van der Waals surface area contributed by atoms with Gasteiger partial charge in [0, 0.05) is 25.4 Å². The number of rotatable bonds is 7. The Labute approximate surface area is 176 Å². The number of nitrogens with one attached hydrogen (secondary N) is 2. The molecule has 2 N–H and O–H groups in total. The monoisotopic (exact) mass is 484 g/mol. The van der Waals surface area contributed by atoms with Crippen LogP contribution in [0.5, 0.6) is 17.4 Å². The van der Waals surface area contributed by atoms with Gasteiger partial charge in [-0.2, -0.15) is 0 Å². The van der Waals surface area contributed by atoms with Crippen molar-refractivity contribution in [1.82, 2.24) is 15.6 Å². The predicted octanol–water partition coefficient (Wildman–Crippen LogP) is 2.73. The summed E-state index contributed by atoms with van der Waals surface area (Å²) >= 11 is 0. The van der Waals surface area contributed by atoms with E-state index in [2.05, 4.69) is 26.7 Å². The SMILES string of the molecule is CCNC(=NCc1ccnc(OC)c1)NCCc1ccc2c(c1)OCO2.I. The quantitative estimate of drug-likeness (QED) is 0.358. The summed E-state index contributed by atoms with van der Waals surface area (Å²) in [6, 6.07) is 9.86. The summed E-state index contributed by atoms with van der Waals surface area (Å²) in [7, 11) is 1.61. The minimum atomic E-state index is 0. The van der Waals surface area contributed by atoms with Crippen LogP contribution in [0.1, 0.15) is 18.1 Å². The van der Waals surface area contributed by atoms with Crippen molar-refractivity contribution >= 4 is 29.9 Å². The van der Waals surface area contributed by atoms with E-state index < -0.39 is 0 Å². The van der Waals surface area contributed by atoms with Crippen LogP contribution in [0.3, 0.4) is 0 Å². The van der Waals surface area contributed by atoms with Gasteiger partial charge in [-0.3, -0.25) is 0 Å². The van der Waals surface area contributed by atoms with E-state index in [0.717, 1.165) is 42.5 Å². The predicted molar refractivity (Wildman–Crippen MR) is 115 cm³/mol. The lowest BCUT2D eigenvalue weighted by molar-refractivity contribution is 0.174. The van der Waals surface area contributed by atoms with Crippen molar-refractivity contribution in [1.29, 1.82) is 0 Å². The Hall–Kier alpha value is -2.23. The Kier molecular flexibility index (Phi) is 8.43. The van der Waals surface area contributed by atoms with Crippen LogP contribution in [-0.2, 0) is 13.0 Å². The number of halogens is 1. The van der Waals surface area contributed by atoms with E-state index in [-0.39, 0.29) is 24.0 Å². The molecule has 0 bridgehead atoms. The average molecular weight is 484 g/mol. The molecule has 0 atom stereocenters. The largest absolute Gasteiger partial charge is 0.481 e. The highest BCUT2D eigenvalue weighted by molar-refractivity contribution is 14.0. The van der Waals surface area contributed by atoms with Crippen molar-refractivity contribution in [2.24, 2.45) is 4.99 Å². The van der Waals surface area contributed by atoms with Crippen molar-refractivity contribution in [3.63, 3.8) is 0 Å². The number of hydrogen-bond donors (Lipinski definition) is 2. The molecule has 1 aromatic carbocycles. The zero-order valence-electron chi connectivity index (χ0n) is 15.5. The van der Waals surface area contributed by atoms with Crippen LogP contribution in [0, 0.1) is 0 Å².